The van der Waals surface area contributed by atoms with Crippen LogP contribution in [-0.2, 0) is 0 Å². The van der Waals surface area contributed by atoms with E-state index in [1.807, 2.05) is 0 Å². The van der Waals surface area contributed by atoms with Gasteiger partial charge in [0.05, 0.1) is 5.56 Å². The van der Waals surface area contributed by atoms with Crippen molar-refractivity contribution in [1.29, 1.82) is 0 Å². The minimum absolute atomic E-state index is 0.276. The first kappa shape index (κ1) is 12.7. The average Bonchev–Trinajstić information content (AvgIpc) is 2.28. The summed E-state index contributed by atoms with van der Waals surface area (Å²) < 4.78 is 31.7. The maximum Gasteiger partial charge on any atom is 0.346 e. The molecular formula is C13H7BrF2O2. The molecule has 0 aliphatic carbocycles. The fraction of sp³-hybridized carbons (Fsp3) is 0. The maximum atomic E-state index is 13.3. The Bertz CT molecular complexity index is 599. The molecule has 2 rings (SSSR count). The van der Waals surface area contributed by atoms with Crippen molar-refractivity contribution in [3.05, 3.63) is 64.1 Å². The van der Waals surface area contributed by atoms with E-state index >= 15 is 0 Å². The van der Waals surface area contributed by atoms with Crippen LogP contribution >= 0.6 is 15.9 Å². The molecule has 2 aromatic rings. The van der Waals surface area contributed by atoms with Gasteiger partial charge in [-0.05, 0) is 30.3 Å². The topological polar surface area (TPSA) is 26.3 Å². The monoisotopic (exact) mass is 312 g/mol. The van der Waals surface area contributed by atoms with Crippen molar-refractivity contribution >= 4 is 21.9 Å². The van der Waals surface area contributed by atoms with Crippen LogP contribution in [0.25, 0.3) is 0 Å². The summed E-state index contributed by atoms with van der Waals surface area (Å²) in [4.78, 5) is 11.7. The molecule has 92 valence electrons. The molecule has 0 aliphatic heterocycles. The van der Waals surface area contributed by atoms with E-state index in [4.69, 9.17) is 4.74 Å². The first-order chi connectivity index (χ1) is 8.56. The maximum absolute atomic E-state index is 13.3. The molecule has 18 heavy (non-hydrogen) atoms. The number of benzene rings is 2. The molecule has 0 saturated carbocycles. The molecule has 0 unspecified atom stereocenters. The van der Waals surface area contributed by atoms with Gasteiger partial charge in [0.2, 0.25) is 0 Å². The molecule has 0 spiro atoms. The molecule has 0 aromatic heterocycles. The van der Waals surface area contributed by atoms with Gasteiger partial charge in [-0.15, -0.1) is 0 Å². The molecule has 0 amide bonds. The zero-order valence-electron chi connectivity index (χ0n) is 8.99. The normalized spacial score (nSPS) is 10.2. The molecule has 2 nitrogen and oxygen atoms in total. The fourth-order valence-electron chi connectivity index (χ4n) is 1.35. The van der Waals surface area contributed by atoms with Gasteiger partial charge in [0.1, 0.15) is 17.4 Å². The second kappa shape index (κ2) is 5.27. The zero-order valence-corrected chi connectivity index (χ0v) is 10.6. The Kier molecular flexibility index (Phi) is 3.72. The van der Waals surface area contributed by atoms with Crippen LogP contribution in [0.4, 0.5) is 8.78 Å². The van der Waals surface area contributed by atoms with Crippen LogP contribution < -0.4 is 4.74 Å². The molecule has 0 fully saturated rings. The van der Waals surface area contributed by atoms with Gasteiger partial charge in [0.15, 0.2) is 0 Å². The van der Waals surface area contributed by atoms with Crippen LogP contribution in [-0.4, -0.2) is 5.97 Å². The lowest BCUT2D eigenvalue weighted by atomic mass is 10.2. The van der Waals surface area contributed by atoms with E-state index in [2.05, 4.69) is 15.9 Å². The number of hydrogen-bond acceptors (Lipinski definition) is 2. The van der Waals surface area contributed by atoms with Gasteiger partial charge in [0.25, 0.3) is 0 Å². The second-order valence-corrected chi connectivity index (χ2v) is 4.39. The molecule has 0 radical (unpaired) electrons. The van der Waals surface area contributed by atoms with Gasteiger partial charge in [-0.25, -0.2) is 13.6 Å². The first-order valence-corrected chi connectivity index (χ1v) is 5.78. The molecule has 5 heteroatoms. The van der Waals surface area contributed by atoms with Crippen LogP contribution in [0.3, 0.4) is 0 Å². The molecule has 2 aromatic carbocycles. The van der Waals surface area contributed by atoms with Gasteiger partial charge in [-0.1, -0.05) is 22.0 Å². The molecule has 0 N–H and O–H groups in total. The lowest BCUT2D eigenvalue weighted by molar-refractivity contribution is 0.0729. The van der Waals surface area contributed by atoms with Crippen molar-refractivity contribution in [3.63, 3.8) is 0 Å². The number of ether oxygens (including phenoxy) is 1. The Morgan fingerprint density at radius 1 is 1.11 bits per heavy atom. The summed E-state index contributed by atoms with van der Waals surface area (Å²) in [5.41, 5.74) is -0.309. The lowest BCUT2D eigenvalue weighted by Crippen LogP contribution is -2.10. The molecular weight excluding hydrogens is 306 g/mol. The van der Waals surface area contributed by atoms with Crippen LogP contribution in [0.15, 0.2) is 46.9 Å². The molecule has 0 heterocycles. The highest BCUT2D eigenvalue weighted by atomic mass is 79.9. The number of hydrogen-bond donors (Lipinski definition) is 0. The molecule has 0 aliphatic rings. The zero-order chi connectivity index (χ0) is 13.1. The van der Waals surface area contributed by atoms with Crippen molar-refractivity contribution in [2.24, 2.45) is 0 Å². The smallest absolute Gasteiger partial charge is 0.346 e. The Hall–Kier alpha value is -1.75. The van der Waals surface area contributed by atoms with Gasteiger partial charge >= 0.3 is 5.97 Å². The second-order valence-electron chi connectivity index (χ2n) is 3.47. The summed E-state index contributed by atoms with van der Waals surface area (Å²) in [5.74, 6) is -2.29. The van der Waals surface area contributed by atoms with E-state index < -0.39 is 17.6 Å². The highest BCUT2D eigenvalue weighted by Gasteiger charge is 2.14. The van der Waals surface area contributed by atoms with Crippen molar-refractivity contribution < 1.29 is 18.3 Å². The summed E-state index contributed by atoms with van der Waals surface area (Å²) in [5, 5.41) is 0. The van der Waals surface area contributed by atoms with Crippen molar-refractivity contribution in [1.82, 2.24) is 0 Å². The van der Waals surface area contributed by atoms with Gasteiger partial charge < -0.3 is 4.74 Å². The third kappa shape index (κ3) is 2.92. The van der Waals surface area contributed by atoms with Gasteiger partial charge in [0, 0.05) is 10.5 Å². The number of halogens is 3. The molecule has 0 saturated heterocycles. The van der Waals surface area contributed by atoms with Gasteiger partial charge in [-0.3, -0.25) is 0 Å². The third-order valence-electron chi connectivity index (χ3n) is 2.16. The highest BCUT2D eigenvalue weighted by Crippen LogP contribution is 2.19. The summed E-state index contributed by atoms with van der Waals surface area (Å²) in [6.45, 7) is 0. The Labute approximate surface area is 110 Å². The fourth-order valence-corrected chi connectivity index (χ4v) is 1.73. The highest BCUT2D eigenvalue weighted by molar-refractivity contribution is 9.10. The minimum atomic E-state index is -0.949. The van der Waals surface area contributed by atoms with E-state index in [1.165, 1.54) is 0 Å². The Morgan fingerprint density at radius 2 is 1.89 bits per heavy atom. The first-order valence-electron chi connectivity index (χ1n) is 4.99. The van der Waals surface area contributed by atoms with E-state index in [1.54, 1.807) is 24.3 Å². The van der Waals surface area contributed by atoms with Crippen LogP contribution in [0.1, 0.15) is 10.4 Å². The summed E-state index contributed by atoms with van der Waals surface area (Å²) in [6.07, 6.45) is 0. The number of carbonyl (C=O) groups is 1. The quantitative estimate of drug-likeness (QED) is 0.620. The van der Waals surface area contributed by atoms with Crippen molar-refractivity contribution in [2.75, 3.05) is 0 Å². The average molecular weight is 313 g/mol. The van der Waals surface area contributed by atoms with Crippen molar-refractivity contribution in [2.45, 2.75) is 0 Å². The predicted molar refractivity (Wildman–Crippen MR) is 65.5 cm³/mol. The van der Waals surface area contributed by atoms with E-state index in [9.17, 15) is 13.6 Å². The van der Waals surface area contributed by atoms with E-state index in [0.717, 1.165) is 16.6 Å². The van der Waals surface area contributed by atoms with E-state index in [-0.39, 0.29) is 11.3 Å². The standard InChI is InChI=1S/C13H7BrF2O2/c14-8-2-1-3-10(6-8)18-13(17)11-5-4-9(15)7-12(11)16/h1-7H. The Balaban J connectivity index is 2.22. The third-order valence-corrected chi connectivity index (χ3v) is 2.65. The summed E-state index contributed by atoms with van der Waals surface area (Å²) in [6, 6.07) is 9.25. The minimum Gasteiger partial charge on any atom is -0.423 e. The largest absolute Gasteiger partial charge is 0.423 e. The lowest BCUT2D eigenvalue weighted by Gasteiger charge is -2.05. The summed E-state index contributed by atoms with van der Waals surface area (Å²) >= 11 is 3.22. The van der Waals surface area contributed by atoms with Crippen LogP contribution in [0.2, 0.25) is 0 Å². The van der Waals surface area contributed by atoms with Gasteiger partial charge in [-0.2, -0.15) is 0 Å². The Morgan fingerprint density at radius 3 is 2.56 bits per heavy atom. The number of rotatable bonds is 2. The van der Waals surface area contributed by atoms with Crippen molar-refractivity contribution in [3.8, 4) is 5.75 Å². The van der Waals surface area contributed by atoms with Crippen LogP contribution in [0, 0.1) is 11.6 Å². The predicted octanol–water partition coefficient (Wildman–Crippen LogP) is 3.95. The van der Waals surface area contributed by atoms with Crippen LogP contribution in [0.5, 0.6) is 5.75 Å². The molecule has 0 atom stereocenters. The molecule has 0 bridgehead atoms. The number of carbonyl (C=O) groups excluding carboxylic acids is 1. The SMILES string of the molecule is O=C(Oc1cccc(Br)c1)c1ccc(F)cc1F. The summed E-state index contributed by atoms with van der Waals surface area (Å²) in [7, 11) is 0. The number of esters is 1. The van der Waals surface area contributed by atoms with E-state index in [0.29, 0.717) is 6.07 Å².